The Bertz CT molecular complexity index is 855. The maximum atomic E-state index is 13.4. The first-order valence-corrected chi connectivity index (χ1v) is 9.05. The molecule has 3 rings (SSSR count). The van der Waals surface area contributed by atoms with Gasteiger partial charge in [0.25, 0.3) is 0 Å². The van der Waals surface area contributed by atoms with Gasteiger partial charge in [0.05, 0.1) is 0 Å². The van der Waals surface area contributed by atoms with Crippen molar-refractivity contribution in [3.63, 3.8) is 0 Å². The zero-order valence-corrected chi connectivity index (χ0v) is 14.9. The second kappa shape index (κ2) is 8.28. The van der Waals surface area contributed by atoms with Gasteiger partial charge in [0, 0.05) is 33.1 Å². The summed E-state index contributed by atoms with van der Waals surface area (Å²) in [5, 5.41) is 13.1. The van der Waals surface area contributed by atoms with E-state index >= 15 is 0 Å². The van der Waals surface area contributed by atoms with E-state index in [0.717, 1.165) is 16.3 Å². The molecule has 0 saturated carbocycles. The molecule has 2 N–H and O–H groups in total. The van der Waals surface area contributed by atoms with E-state index in [0.29, 0.717) is 12.2 Å². The summed E-state index contributed by atoms with van der Waals surface area (Å²) >= 11 is 7.63. The van der Waals surface area contributed by atoms with E-state index in [1.807, 2.05) is 36.4 Å². The fourth-order valence-corrected chi connectivity index (χ4v) is 3.50. The zero-order valence-electron chi connectivity index (χ0n) is 13.4. The Morgan fingerprint density at radius 2 is 1.76 bits per heavy atom. The summed E-state index contributed by atoms with van der Waals surface area (Å²) in [4.78, 5) is 2.31. The van der Waals surface area contributed by atoms with Gasteiger partial charge in [-0.05, 0) is 54.4 Å². The minimum Gasteiger partial charge on any atom is -0.505 e. The monoisotopic (exact) mass is 373 g/mol. The van der Waals surface area contributed by atoms with Crippen LogP contribution in [0, 0.1) is 5.82 Å². The molecule has 0 radical (unpaired) electrons. The number of hydrogen-bond donors (Lipinski definition) is 2. The van der Waals surface area contributed by atoms with Crippen LogP contribution in [0.15, 0.2) is 76.5 Å². The standard InChI is InChI=1S/C20H17ClFNOS/c21-15-5-8-17(9-6-15)25-20-4-2-1-3-14(20)11-12-23-16-7-10-19(24)18(22)13-16/h1-10,13,23-24H,11-12H2. The van der Waals surface area contributed by atoms with Crippen LogP contribution >= 0.6 is 23.4 Å². The summed E-state index contributed by atoms with van der Waals surface area (Å²) in [5.41, 5.74) is 1.87. The molecule has 5 heteroatoms. The predicted molar refractivity (Wildman–Crippen MR) is 102 cm³/mol. The molecule has 2 nitrogen and oxygen atoms in total. The Kier molecular flexibility index (Phi) is 5.84. The minimum absolute atomic E-state index is 0.338. The van der Waals surface area contributed by atoms with Crippen LogP contribution in [0.4, 0.5) is 10.1 Å². The number of aromatic hydroxyl groups is 1. The summed E-state index contributed by atoms with van der Waals surface area (Å²) in [6, 6.07) is 20.3. The molecule has 0 aromatic heterocycles. The Morgan fingerprint density at radius 3 is 2.52 bits per heavy atom. The SMILES string of the molecule is Oc1ccc(NCCc2ccccc2Sc2ccc(Cl)cc2)cc1F. The van der Waals surface area contributed by atoms with Gasteiger partial charge in [-0.1, -0.05) is 41.6 Å². The van der Waals surface area contributed by atoms with E-state index in [-0.39, 0.29) is 5.75 Å². The topological polar surface area (TPSA) is 32.3 Å². The first-order valence-electron chi connectivity index (χ1n) is 7.85. The molecule has 0 aliphatic heterocycles. The van der Waals surface area contributed by atoms with Crippen LogP contribution in [0.5, 0.6) is 5.75 Å². The highest BCUT2D eigenvalue weighted by Gasteiger charge is 2.05. The smallest absolute Gasteiger partial charge is 0.166 e. The Balaban J connectivity index is 1.64. The lowest BCUT2D eigenvalue weighted by Gasteiger charge is -2.11. The third-order valence-corrected chi connectivity index (χ3v) is 5.06. The van der Waals surface area contributed by atoms with E-state index in [1.54, 1.807) is 17.8 Å². The van der Waals surface area contributed by atoms with Crippen molar-refractivity contribution in [3.05, 3.63) is 83.1 Å². The van der Waals surface area contributed by atoms with Gasteiger partial charge in [-0.25, -0.2) is 4.39 Å². The van der Waals surface area contributed by atoms with E-state index in [2.05, 4.69) is 17.4 Å². The maximum Gasteiger partial charge on any atom is 0.166 e. The summed E-state index contributed by atoms with van der Waals surface area (Å²) in [6.07, 6.45) is 0.805. The van der Waals surface area contributed by atoms with Gasteiger partial charge >= 0.3 is 0 Å². The quantitative estimate of drug-likeness (QED) is 0.520. The normalized spacial score (nSPS) is 10.6. The highest BCUT2D eigenvalue weighted by Crippen LogP contribution is 2.31. The Hall–Kier alpha value is -2.17. The lowest BCUT2D eigenvalue weighted by Crippen LogP contribution is -2.05. The number of halogens is 2. The molecule has 0 amide bonds. The molecule has 0 saturated heterocycles. The lowest BCUT2D eigenvalue weighted by atomic mass is 10.1. The lowest BCUT2D eigenvalue weighted by molar-refractivity contribution is 0.432. The maximum absolute atomic E-state index is 13.4. The molecule has 0 spiro atoms. The number of nitrogens with one attached hydrogen (secondary N) is 1. The van der Waals surface area contributed by atoms with Crippen molar-refractivity contribution in [3.8, 4) is 5.75 Å². The van der Waals surface area contributed by atoms with Gasteiger partial charge < -0.3 is 10.4 Å². The van der Waals surface area contributed by atoms with E-state index in [9.17, 15) is 9.50 Å². The first kappa shape index (κ1) is 17.6. The summed E-state index contributed by atoms with van der Waals surface area (Å²) in [6.45, 7) is 0.669. The minimum atomic E-state index is -0.622. The number of benzene rings is 3. The molecule has 3 aromatic rings. The third-order valence-electron chi connectivity index (χ3n) is 3.69. The molecular weight excluding hydrogens is 357 g/mol. The molecule has 0 bridgehead atoms. The van der Waals surface area contributed by atoms with Crippen molar-refractivity contribution in [2.24, 2.45) is 0 Å². The molecule has 0 unspecified atom stereocenters. The first-order chi connectivity index (χ1) is 12.1. The van der Waals surface area contributed by atoms with Crippen LogP contribution in [0.2, 0.25) is 5.02 Å². The average molecular weight is 374 g/mol. The highest BCUT2D eigenvalue weighted by molar-refractivity contribution is 7.99. The molecule has 0 aliphatic carbocycles. The summed E-state index contributed by atoms with van der Waals surface area (Å²) < 4.78 is 13.4. The molecule has 0 heterocycles. The van der Waals surface area contributed by atoms with E-state index < -0.39 is 5.82 Å². The van der Waals surface area contributed by atoms with E-state index in [4.69, 9.17) is 11.6 Å². The van der Waals surface area contributed by atoms with Crippen molar-refractivity contribution in [2.75, 3.05) is 11.9 Å². The van der Waals surface area contributed by atoms with Gasteiger partial charge in [-0.2, -0.15) is 0 Å². The van der Waals surface area contributed by atoms with Crippen LogP contribution in [0.25, 0.3) is 0 Å². The predicted octanol–water partition coefficient (Wildman–Crippen LogP) is 5.99. The third kappa shape index (κ3) is 4.91. The van der Waals surface area contributed by atoms with Crippen molar-refractivity contribution < 1.29 is 9.50 Å². The van der Waals surface area contributed by atoms with Crippen molar-refractivity contribution in [1.82, 2.24) is 0 Å². The van der Waals surface area contributed by atoms with E-state index in [1.165, 1.54) is 22.6 Å². The number of phenols is 1. The average Bonchev–Trinajstić information content (AvgIpc) is 2.61. The summed E-state index contributed by atoms with van der Waals surface area (Å²) in [5.74, 6) is -0.959. The second-order valence-electron chi connectivity index (χ2n) is 5.51. The van der Waals surface area contributed by atoms with Crippen molar-refractivity contribution >= 4 is 29.1 Å². The zero-order chi connectivity index (χ0) is 17.6. The van der Waals surface area contributed by atoms with Crippen LogP contribution in [0.1, 0.15) is 5.56 Å². The molecule has 0 atom stereocenters. The fourth-order valence-electron chi connectivity index (χ4n) is 2.40. The van der Waals surface area contributed by atoms with Crippen LogP contribution in [-0.4, -0.2) is 11.7 Å². The molecule has 128 valence electrons. The number of rotatable bonds is 6. The highest BCUT2D eigenvalue weighted by atomic mass is 35.5. The number of hydrogen-bond acceptors (Lipinski definition) is 3. The van der Waals surface area contributed by atoms with Gasteiger partial charge in [0.15, 0.2) is 11.6 Å². The summed E-state index contributed by atoms with van der Waals surface area (Å²) in [7, 11) is 0. The van der Waals surface area contributed by atoms with Crippen molar-refractivity contribution in [1.29, 1.82) is 0 Å². The largest absolute Gasteiger partial charge is 0.505 e. The van der Waals surface area contributed by atoms with Crippen molar-refractivity contribution in [2.45, 2.75) is 16.2 Å². The van der Waals surface area contributed by atoms with Gasteiger partial charge in [0.1, 0.15) is 0 Å². The Morgan fingerprint density at radius 1 is 1.00 bits per heavy atom. The number of phenolic OH excluding ortho intramolecular Hbond substituents is 1. The van der Waals surface area contributed by atoms with Gasteiger partial charge in [-0.15, -0.1) is 0 Å². The molecule has 3 aromatic carbocycles. The molecular formula is C20H17ClFNOS. The molecule has 0 fully saturated rings. The van der Waals surface area contributed by atoms with Crippen LogP contribution in [0.3, 0.4) is 0 Å². The van der Waals surface area contributed by atoms with Gasteiger partial charge in [0.2, 0.25) is 0 Å². The second-order valence-corrected chi connectivity index (χ2v) is 7.06. The van der Waals surface area contributed by atoms with Gasteiger partial charge in [-0.3, -0.25) is 0 Å². The van der Waals surface area contributed by atoms with Crippen LogP contribution in [-0.2, 0) is 6.42 Å². The molecule has 25 heavy (non-hydrogen) atoms. The van der Waals surface area contributed by atoms with Crippen LogP contribution < -0.4 is 5.32 Å². The number of anilines is 1. The Labute approximate surface area is 155 Å². The molecule has 0 aliphatic rings. The fraction of sp³-hybridized carbons (Fsp3) is 0.100.